The quantitative estimate of drug-likeness (QED) is 0.212. The van der Waals surface area contributed by atoms with Crippen LogP contribution in [0, 0.1) is 0 Å². The van der Waals surface area contributed by atoms with E-state index in [-0.39, 0.29) is 22.2 Å². The van der Waals surface area contributed by atoms with Gasteiger partial charge in [0.15, 0.2) is 10.8 Å². The number of oxime groups is 1. The number of nitrogens with one attached hydrogen (secondary N) is 1. The summed E-state index contributed by atoms with van der Waals surface area (Å²) in [5.74, 6) is -2.06. The zero-order valence-electron chi connectivity index (χ0n) is 17.7. The van der Waals surface area contributed by atoms with E-state index in [4.69, 9.17) is 10.6 Å². The first-order valence-electron chi connectivity index (χ1n) is 10.1. The van der Waals surface area contributed by atoms with E-state index in [1.165, 1.54) is 23.8 Å². The van der Waals surface area contributed by atoms with Gasteiger partial charge < -0.3 is 30.3 Å². The van der Waals surface area contributed by atoms with Crippen LogP contribution in [-0.2, 0) is 19.2 Å². The average Bonchev–Trinajstić information content (AvgIpc) is 3.37. The molecule has 172 valence electrons. The van der Waals surface area contributed by atoms with Crippen molar-refractivity contribution in [2.24, 2.45) is 5.16 Å². The summed E-state index contributed by atoms with van der Waals surface area (Å²) in [5, 5.41) is 19.6. The molecule has 3 N–H and O–H groups in total. The molecule has 2 atom stereocenters. The van der Waals surface area contributed by atoms with Crippen LogP contribution in [0.25, 0.3) is 0 Å². The van der Waals surface area contributed by atoms with Crippen molar-refractivity contribution < 1.29 is 28.8 Å². The number of aromatic nitrogens is 1. The molecule has 0 aromatic carbocycles. The fourth-order valence-electron chi connectivity index (χ4n) is 4.41. The fourth-order valence-corrected chi connectivity index (χ4v) is 6.30. The molecule has 0 spiro atoms. The number of hydrogen-bond acceptors (Lipinski definition) is 10. The third-order valence-electron chi connectivity index (χ3n) is 5.91. The number of carbonyl (C=O) groups is 3. The first kappa shape index (κ1) is 22.6. The minimum Gasteiger partial charge on any atom is -0.543 e. The summed E-state index contributed by atoms with van der Waals surface area (Å²) in [6.07, 6.45) is 2.21. The molecule has 0 saturated carbocycles. The molecule has 0 bridgehead atoms. The molecule has 4 rings (SSSR count). The second-order valence-electron chi connectivity index (χ2n) is 8.23. The Labute approximate surface area is 192 Å². The summed E-state index contributed by atoms with van der Waals surface area (Å²) >= 11 is 2.57. The molecule has 32 heavy (non-hydrogen) atoms. The van der Waals surface area contributed by atoms with Crippen LogP contribution >= 0.6 is 23.1 Å². The molecule has 3 aliphatic rings. The topological polar surface area (TPSA) is 150 Å². The number of nitrogens with two attached hydrogens (primary N) is 1. The minimum atomic E-state index is -1.37. The van der Waals surface area contributed by atoms with Crippen LogP contribution in [0.15, 0.2) is 21.8 Å². The van der Waals surface area contributed by atoms with Gasteiger partial charge in [-0.05, 0) is 0 Å². The Bertz CT molecular complexity index is 1020. The molecule has 2 saturated heterocycles. The predicted molar refractivity (Wildman–Crippen MR) is 117 cm³/mol. The van der Waals surface area contributed by atoms with Crippen LogP contribution in [0.4, 0.5) is 5.13 Å². The number of carboxylic acids is 1. The van der Waals surface area contributed by atoms with E-state index in [1.54, 1.807) is 5.38 Å². The largest absolute Gasteiger partial charge is 0.543 e. The summed E-state index contributed by atoms with van der Waals surface area (Å²) < 4.78 is 0.757. The molecule has 3 aliphatic heterocycles. The monoisotopic (exact) mass is 480 g/mol. The van der Waals surface area contributed by atoms with Crippen LogP contribution in [-0.4, -0.2) is 88.8 Å². The number of fused-ring (bicyclic) bond motifs is 1. The van der Waals surface area contributed by atoms with Crippen molar-refractivity contribution in [3.8, 4) is 0 Å². The Morgan fingerprint density at radius 2 is 2.16 bits per heavy atom. The normalized spacial score (nSPS) is 24.8. The van der Waals surface area contributed by atoms with E-state index in [2.05, 4.69) is 22.5 Å². The van der Waals surface area contributed by atoms with E-state index in [9.17, 15) is 19.5 Å². The maximum atomic E-state index is 12.9. The van der Waals surface area contributed by atoms with Gasteiger partial charge in [-0.1, -0.05) is 5.16 Å². The molecule has 2 fully saturated rings. The van der Waals surface area contributed by atoms with Gasteiger partial charge in [-0.15, -0.1) is 23.1 Å². The highest BCUT2D eigenvalue weighted by molar-refractivity contribution is 8.00. The highest BCUT2D eigenvalue weighted by Crippen LogP contribution is 2.41. The summed E-state index contributed by atoms with van der Waals surface area (Å²) in [6.45, 7) is 2.53. The van der Waals surface area contributed by atoms with Gasteiger partial charge >= 0.3 is 0 Å². The third kappa shape index (κ3) is 4.07. The first-order chi connectivity index (χ1) is 15.2. The van der Waals surface area contributed by atoms with Crippen molar-refractivity contribution in [1.29, 1.82) is 0 Å². The second kappa shape index (κ2) is 8.71. The highest BCUT2D eigenvalue weighted by Gasteiger charge is 2.53. The van der Waals surface area contributed by atoms with Gasteiger partial charge in [-0.2, -0.15) is 0 Å². The number of amides is 2. The van der Waals surface area contributed by atoms with Crippen molar-refractivity contribution >= 4 is 51.7 Å². The zero-order chi connectivity index (χ0) is 23.0. The lowest BCUT2D eigenvalue weighted by molar-refractivity contribution is -0.893. The smallest absolute Gasteiger partial charge is 0.276 e. The maximum Gasteiger partial charge on any atom is 0.276 e. The molecule has 1 aromatic heterocycles. The molecule has 0 aliphatic carbocycles. The highest BCUT2D eigenvalue weighted by atomic mass is 32.2. The zero-order valence-corrected chi connectivity index (χ0v) is 19.3. The lowest BCUT2D eigenvalue weighted by atomic mass is 10.0. The van der Waals surface area contributed by atoms with E-state index < -0.39 is 29.2 Å². The fraction of sp³-hybridized carbons (Fsp3) is 0.526. The van der Waals surface area contributed by atoms with Gasteiger partial charge in [0.2, 0.25) is 0 Å². The maximum absolute atomic E-state index is 12.9. The molecule has 0 radical (unpaired) electrons. The number of anilines is 1. The molecule has 4 heterocycles. The van der Waals surface area contributed by atoms with Gasteiger partial charge in [-0.3, -0.25) is 14.5 Å². The number of quaternary nitrogens is 1. The van der Waals surface area contributed by atoms with Gasteiger partial charge in [-0.25, -0.2) is 4.98 Å². The molecule has 11 nitrogen and oxygen atoms in total. The van der Waals surface area contributed by atoms with Crippen LogP contribution in [0.2, 0.25) is 0 Å². The Morgan fingerprint density at radius 1 is 1.44 bits per heavy atom. The van der Waals surface area contributed by atoms with Gasteiger partial charge in [0.1, 0.15) is 30.8 Å². The second-order valence-corrected chi connectivity index (χ2v) is 10.2. The van der Waals surface area contributed by atoms with Crippen molar-refractivity contribution in [3.05, 3.63) is 22.3 Å². The van der Waals surface area contributed by atoms with Crippen molar-refractivity contribution in [2.45, 2.75) is 24.3 Å². The molecule has 13 heteroatoms. The predicted octanol–water partition coefficient (Wildman–Crippen LogP) is -1.28. The van der Waals surface area contributed by atoms with E-state index in [0.717, 1.165) is 41.8 Å². The van der Waals surface area contributed by atoms with E-state index in [1.807, 2.05) is 0 Å². The number of hydrogen-bond donors (Lipinski definition) is 2. The van der Waals surface area contributed by atoms with Gasteiger partial charge in [0.05, 0.1) is 31.8 Å². The van der Waals surface area contributed by atoms with Crippen LogP contribution in [0.1, 0.15) is 18.5 Å². The number of carboxylic acid groups (broad SMARTS) is 1. The van der Waals surface area contributed by atoms with Crippen molar-refractivity contribution in [3.63, 3.8) is 0 Å². The number of thioether (sulfide) groups is 1. The minimum absolute atomic E-state index is 0.0615. The summed E-state index contributed by atoms with van der Waals surface area (Å²) in [6, 6.07) is -0.891. The number of likely N-dealkylation sites (tertiary alicyclic amines) is 1. The van der Waals surface area contributed by atoms with Gasteiger partial charge in [0.25, 0.3) is 11.8 Å². The van der Waals surface area contributed by atoms with Crippen LogP contribution in [0.5, 0.6) is 0 Å². The summed E-state index contributed by atoms with van der Waals surface area (Å²) in [7, 11) is 3.39. The van der Waals surface area contributed by atoms with Crippen LogP contribution < -0.4 is 16.2 Å². The lowest BCUT2D eigenvalue weighted by Crippen LogP contribution is -2.71. The SMILES string of the molecule is CO/N=C(/C(=O)N[C@H]1C(=O)N2C(C(=O)[O-])=C(C[N+]3(C)CCCC3)CS[C@H]12)c1csc(N)n1. The number of rotatable bonds is 7. The number of nitrogen functional groups attached to an aromatic ring is 1. The number of nitrogens with zero attached hydrogens (tertiary/aromatic N) is 4. The summed E-state index contributed by atoms with van der Waals surface area (Å²) in [4.78, 5) is 47.7. The third-order valence-corrected chi connectivity index (χ3v) is 7.92. The molecular formula is C19H24N6O5S2. The molecule has 1 aromatic rings. The Morgan fingerprint density at radius 3 is 2.75 bits per heavy atom. The number of aliphatic carboxylic acids is 1. The van der Waals surface area contributed by atoms with E-state index in [0.29, 0.717) is 17.9 Å². The Hall–Kier alpha value is -2.64. The molecular weight excluding hydrogens is 456 g/mol. The first-order valence-corrected chi connectivity index (χ1v) is 12.0. The summed E-state index contributed by atoms with van der Waals surface area (Å²) in [5.41, 5.74) is 6.39. The number of thiazole rings is 1. The lowest BCUT2D eigenvalue weighted by Gasteiger charge is -2.51. The molecule has 2 amide bonds. The number of β-lactam (4-membered cyclic amide) rings is 1. The number of likely N-dealkylation sites (N-methyl/N-ethyl adjacent to an activating group) is 1. The van der Waals surface area contributed by atoms with Gasteiger partial charge in [0, 0.05) is 29.5 Å². The Kier molecular flexibility index (Phi) is 6.14. The van der Waals surface area contributed by atoms with Crippen molar-refractivity contribution in [1.82, 2.24) is 15.2 Å². The molecule has 0 unspecified atom stereocenters. The standard InChI is InChI=1S/C19H24N6O5S2/c1-25(5-3-4-6-25)7-10-8-31-17-13(16(27)24(17)14(10)18(28)29)22-15(26)12(23-30-2)11-9-32-19(20)21-11/h9,13,17H,3-8H2,1-2H3,(H3-,20,21,22,26,28,29)/b23-12+/t13-,17+/m0/s1. The van der Waals surface area contributed by atoms with Crippen LogP contribution in [0.3, 0.4) is 0 Å². The Balaban J connectivity index is 1.52. The average molecular weight is 481 g/mol. The number of carbonyl (C=O) groups excluding carboxylic acids is 3. The van der Waals surface area contributed by atoms with Crippen molar-refractivity contribution in [2.75, 3.05) is 45.3 Å². The van der Waals surface area contributed by atoms with E-state index >= 15 is 0 Å².